The molecule has 0 heterocycles. The predicted molar refractivity (Wildman–Crippen MR) is 72.6 cm³/mol. The van der Waals surface area contributed by atoms with Crippen LogP contribution in [0.3, 0.4) is 0 Å². The Morgan fingerprint density at radius 1 is 1.21 bits per heavy atom. The van der Waals surface area contributed by atoms with Gasteiger partial charge in [-0.1, -0.05) is 20.3 Å². The zero-order chi connectivity index (χ0) is 14.7. The molecule has 1 atom stereocenters. The summed E-state index contributed by atoms with van der Waals surface area (Å²) < 4.78 is 5.08. The van der Waals surface area contributed by atoms with Crippen LogP contribution >= 0.6 is 0 Å². The molecule has 0 aromatic heterocycles. The van der Waals surface area contributed by atoms with Crippen molar-refractivity contribution in [3.05, 3.63) is 0 Å². The summed E-state index contributed by atoms with van der Waals surface area (Å²) in [5.74, 6) is -0.344. The lowest BCUT2D eigenvalue weighted by Crippen LogP contribution is -2.35. The molecular formula is C14H28O5. The summed E-state index contributed by atoms with van der Waals surface area (Å²) in [6.45, 7) is 3.46. The Morgan fingerprint density at radius 2 is 1.84 bits per heavy atom. The molecule has 0 amide bonds. The number of aliphatic hydroxyl groups excluding tert-OH is 3. The first-order valence-electron chi connectivity index (χ1n) is 7.09. The van der Waals surface area contributed by atoms with Gasteiger partial charge in [-0.05, 0) is 25.7 Å². The highest BCUT2D eigenvalue weighted by atomic mass is 16.5. The third kappa shape index (κ3) is 7.50. The van der Waals surface area contributed by atoms with Crippen molar-refractivity contribution in [2.45, 2.75) is 58.5 Å². The van der Waals surface area contributed by atoms with E-state index in [0.717, 1.165) is 12.8 Å². The average molecular weight is 276 g/mol. The Bertz CT molecular complexity index is 230. The molecule has 0 bridgehead atoms. The van der Waals surface area contributed by atoms with Crippen LogP contribution in [0.2, 0.25) is 0 Å². The molecule has 1 unspecified atom stereocenters. The molecule has 0 aliphatic rings. The van der Waals surface area contributed by atoms with Crippen molar-refractivity contribution >= 4 is 5.97 Å². The maximum atomic E-state index is 11.5. The van der Waals surface area contributed by atoms with Crippen LogP contribution in [0.1, 0.15) is 52.4 Å². The van der Waals surface area contributed by atoms with E-state index in [1.807, 2.05) is 13.8 Å². The maximum Gasteiger partial charge on any atom is 0.305 e. The van der Waals surface area contributed by atoms with Gasteiger partial charge in [0, 0.05) is 6.42 Å². The molecule has 114 valence electrons. The molecule has 5 heteroatoms. The topological polar surface area (TPSA) is 87.0 Å². The lowest BCUT2D eigenvalue weighted by molar-refractivity contribution is -0.150. The first-order valence-corrected chi connectivity index (χ1v) is 7.09. The minimum absolute atomic E-state index is 0.0346. The number of rotatable bonds is 11. The van der Waals surface area contributed by atoms with Gasteiger partial charge in [-0.15, -0.1) is 0 Å². The van der Waals surface area contributed by atoms with E-state index in [1.54, 1.807) is 0 Å². The molecule has 0 rings (SSSR count). The number of carbonyl (C=O) groups excluding carboxylic acids is 1. The van der Waals surface area contributed by atoms with Gasteiger partial charge in [-0.25, -0.2) is 0 Å². The quantitative estimate of drug-likeness (QED) is 0.494. The van der Waals surface area contributed by atoms with Crippen molar-refractivity contribution in [1.29, 1.82) is 0 Å². The monoisotopic (exact) mass is 276 g/mol. The van der Waals surface area contributed by atoms with Crippen molar-refractivity contribution in [2.24, 2.45) is 5.41 Å². The molecule has 0 aliphatic heterocycles. The molecule has 3 N–H and O–H groups in total. The minimum atomic E-state index is -0.739. The summed E-state index contributed by atoms with van der Waals surface area (Å²) in [4.78, 5) is 11.5. The maximum absolute atomic E-state index is 11.5. The lowest BCUT2D eigenvalue weighted by atomic mass is 9.88. The summed E-state index contributed by atoms with van der Waals surface area (Å²) in [5.41, 5.74) is -0.739. The second-order valence-electron chi connectivity index (χ2n) is 5.17. The van der Waals surface area contributed by atoms with Crippen LogP contribution in [0.5, 0.6) is 0 Å². The van der Waals surface area contributed by atoms with E-state index in [1.165, 1.54) is 0 Å². The Balaban J connectivity index is 3.86. The fourth-order valence-corrected chi connectivity index (χ4v) is 1.73. The number of aliphatic hydroxyl groups is 3. The zero-order valence-corrected chi connectivity index (χ0v) is 12.1. The normalized spacial score (nSPS) is 13.3. The van der Waals surface area contributed by atoms with Gasteiger partial charge >= 0.3 is 5.97 Å². The summed E-state index contributed by atoms with van der Waals surface area (Å²) >= 11 is 0. The summed E-state index contributed by atoms with van der Waals surface area (Å²) in [6, 6.07) is 0. The first kappa shape index (κ1) is 18.4. The number of carbonyl (C=O) groups is 1. The standard InChI is InChI=1S/C14H28O5/c1-3-6-12(17)7-5-8-13(18)19-11-14(4-2,9-15)10-16/h12,15-17H,3-11H2,1-2H3. The highest BCUT2D eigenvalue weighted by Gasteiger charge is 2.28. The van der Waals surface area contributed by atoms with Gasteiger partial charge in [0.2, 0.25) is 0 Å². The Kier molecular flexibility index (Phi) is 9.83. The molecule has 0 aromatic rings. The SMILES string of the molecule is CCCC(O)CCCC(=O)OCC(CC)(CO)CO. The van der Waals surface area contributed by atoms with Crippen LogP contribution in [0.25, 0.3) is 0 Å². The van der Waals surface area contributed by atoms with E-state index in [-0.39, 0.29) is 38.3 Å². The van der Waals surface area contributed by atoms with Crippen molar-refractivity contribution in [3.8, 4) is 0 Å². The molecule has 0 fully saturated rings. The first-order chi connectivity index (χ1) is 9.03. The molecule has 5 nitrogen and oxygen atoms in total. The van der Waals surface area contributed by atoms with E-state index >= 15 is 0 Å². The summed E-state index contributed by atoms with van der Waals surface area (Å²) in [7, 11) is 0. The Morgan fingerprint density at radius 3 is 2.32 bits per heavy atom. The van der Waals surface area contributed by atoms with Crippen LogP contribution in [-0.2, 0) is 9.53 Å². The third-order valence-electron chi connectivity index (χ3n) is 3.50. The molecule has 0 radical (unpaired) electrons. The number of hydrogen-bond acceptors (Lipinski definition) is 5. The zero-order valence-electron chi connectivity index (χ0n) is 12.1. The molecule has 0 saturated heterocycles. The fraction of sp³-hybridized carbons (Fsp3) is 0.929. The van der Waals surface area contributed by atoms with E-state index < -0.39 is 5.41 Å². The molecule has 0 saturated carbocycles. The van der Waals surface area contributed by atoms with Gasteiger partial charge in [0.05, 0.1) is 24.7 Å². The van der Waals surface area contributed by atoms with E-state index in [4.69, 9.17) is 4.74 Å². The van der Waals surface area contributed by atoms with E-state index in [9.17, 15) is 20.1 Å². The fourth-order valence-electron chi connectivity index (χ4n) is 1.73. The molecule has 0 aromatic carbocycles. The Labute approximate surface area is 115 Å². The number of ether oxygens (including phenoxy) is 1. The van der Waals surface area contributed by atoms with Gasteiger partial charge in [0.15, 0.2) is 0 Å². The van der Waals surface area contributed by atoms with Crippen LogP contribution in [-0.4, -0.2) is 47.2 Å². The summed E-state index contributed by atoms with van der Waals surface area (Å²) in [6.07, 6.45) is 3.34. The molecular weight excluding hydrogens is 248 g/mol. The average Bonchev–Trinajstić information content (AvgIpc) is 2.41. The lowest BCUT2D eigenvalue weighted by Gasteiger charge is -2.27. The van der Waals surface area contributed by atoms with Crippen LogP contribution in [0.4, 0.5) is 0 Å². The van der Waals surface area contributed by atoms with Crippen LogP contribution in [0, 0.1) is 5.41 Å². The second-order valence-corrected chi connectivity index (χ2v) is 5.17. The van der Waals surface area contributed by atoms with Gasteiger partial charge in [0.1, 0.15) is 6.61 Å². The summed E-state index contributed by atoms with van der Waals surface area (Å²) in [5, 5.41) is 27.9. The largest absolute Gasteiger partial charge is 0.465 e. The second kappa shape index (κ2) is 10.2. The smallest absolute Gasteiger partial charge is 0.305 e. The third-order valence-corrected chi connectivity index (χ3v) is 3.50. The van der Waals surface area contributed by atoms with Crippen molar-refractivity contribution in [3.63, 3.8) is 0 Å². The highest BCUT2D eigenvalue weighted by molar-refractivity contribution is 5.69. The van der Waals surface area contributed by atoms with Gasteiger partial charge in [-0.3, -0.25) is 4.79 Å². The van der Waals surface area contributed by atoms with E-state index in [2.05, 4.69) is 0 Å². The van der Waals surface area contributed by atoms with Crippen molar-refractivity contribution in [2.75, 3.05) is 19.8 Å². The van der Waals surface area contributed by atoms with E-state index in [0.29, 0.717) is 19.3 Å². The molecule has 0 aliphatic carbocycles. The predicted octanol–water partition coefficient (Wildman–Crippen LogP) is 1.24. The van der Waals surface area contributed by atoms with Gasteiger partial charge in [-0.2, -0.15) is 0 Å². The highest BCUT2D eigenvalue weighted by Crippen LogP contribution is 2.21. The van der Waals surface area contributed by atoms with Crippen LogP contribution in [0.15, 0.2) is 0 Å². The number of esters is 1. The number of hydrogen-bond donors (Lipinski definition) is 3. The molecule has 19 heavy (non-hydrogen) atoms. The minimum Gasteiger partial charge on any atom is -0.465 e. The van der Waals surface area contributed by atoms with Crippen LogP contribution < -0.4 is 0 Å². The van der Waals surface area contributed by atoms with Crippen molar-refractivity contribution in [1.82, 2.24) is 0 Å². The van der Waals surface area contributed by atoms with Crippen molar-refractivity contribution < 1.29 is 24.9 Å². The van der Waals surface area contributed by atoms with Gasteiger partial charge < -0.3 is 20.1 Å². The molecule has 0 spiro atoms. The van der Waals surface area contributed by atoms with Gasteiger partial charge in [0.25, 0.3) is 0 Å². The Hall–Kier alpha value is -0.650.